The molecule has 3 aromatic rings. The van der Waals surface area contributed by atoms with Gasteiger partial charge in [-0.2, -0.15) is 22.2 Å². The topological polar surface area (TPSA) is 0 Å². The van der Waals surface area contributed by atoms with Gasteiger partial charge < -0.3 is 0 Å². The lowest BCUT2D eigenvalue weighted by Gasteiger charge is -2.33. The molecule has 0 N–H and O–H groups in total. The molecule has 0 nitrogen and oxygen atoms in total. The van der Waals surface area contributed by atoms with Gasteiger partial charge >= 0.3 is 0 Å². The summed E-state index contributed by atoms with van der Waals surface area (Å²) in [5.41, 5.74) is 0. The van der Waals surface area contributed by atoms with Gasteiger partial charge in [0.25, 0.3) is 0 Å². The van der Waals surface area contributed by atoms with Crippen molar-refractivity contribution in [2.45, 2.75) is 103 Å². The third-order valence-corrected chi connectivity index (χ3v) is 18.6. The van der Waals surface area contributed by atoms with E-state index in [9.17, 15) is 0 Å². The average Bonchev–Trinajstić information content (AvgIpc) is 2.83. The predicted molar refractivity (Wildman–Crippen MR) is 163 cm³/mol. The Morgan fingerprint density at radius 1 is 0.471 bits per heavy atom. The molecule has 0 saturated carbocycles. The highest BCUT2D eigenvalue weighted by Gasteiger charge is 2.40. The van der Waals surface area contributed by atoms with Gasteiger partial charge in [-0.3, -0.25) is 0 Å². The molecule has 3 rings (SSSR count). The van der Waals surface area contributed by atoms with Crippen molar-refractivity contribution in [2.24, 2.45) is 0 Å². The maximum atomic E-state index is 7.81. The number of hydrogen-bond donors (Lipinski definition) is 0. The maximum Gasteiger partial charge on any atom is 0.188 e. The summed E-state index contributed by atoms with van der Waals surface area (Å²) in [6.07, 6.45) is 9.78. The molecule has 2 atom stereocenters. The molecule has 4 heteroatoms. The molecule has 186 valence electrons. The van der Waals surface area contributed by atoms with Gasteiger partial charge in [0.05, 0.1) is 0 Å². The lowest BCUT2D eigenvalue weighted by Crippen LogP contribution is -2.47. The fraction of sp³-hybridized carbons (Fsp3) is 0.533. The Morgan fingerprint density at radius 3 is 1.06 bits per heavy atom. The van der Waals surface area contributed by atoms with E-state index in [-0.39, 0.29) is 0 Å². The predicted octanol–water partition coefficient (Wildman–Crippen LogP) is 9.98. The molecule has 0 aliphatic carbocycles. The summed E-state index contributed by atoms with van der Waals surface area (Å²) in [6, 6.07) is 22.9. The molecule has 34 heavy (non-hydrogen) atoms. The number of fused-ring (bicyclic) bond motifs is 2. The molecule has 0 amide bonds. The molecule has 2 unspecified atom stereocenters. The first-order valence-electron chi connectivity index (χ1n) is 13.8. The lowest BCUT2D eigenvalue weighted by atomic mass is 10.0. The molecular weight excluding hydrogens is 487 g/mol. The number of halogens is 2. The Labute approximate surface area is 219 Å². The van der Waals surface area contributed by atoms with Crippen LogP contribution in [0.3, 0.4) is 0 Å². The largest absolute Gasteiger partial charge is 0.188 e. The third-order valence-electron chi connectivity index (χ3n) is 7.47. The second-order valence-electron chi connectivity index (χ2n) is 10.2. The summed E-state index contributed by atoms with van der Waals surface area (Å²) in [7, 11) is -4.36. The van der Waals surface area contributed by atoms with Gasteiger partial charge in [0.1, 0.15) is 0 Å². The molecule has 0 saturated heterocycles. The SMILES string of the molecule is CCCCC[Si](Cl)(CCC)c1c2ccccc2c([Si](Cl)(CCC)CCCCC)c2ccccc12. The van der Waals surface area contributed by atoms with Crippen LogP contribution in [0.1, 0.15) is 79.1 Å². The summed E-state index contributed by atoms with van der Waals surface area (Å²) in [4.78, 5) is 0. The van der Waals surface area contributed by atoms with Crippen molar-refractivity contribution in [3.05, 3.63) is 48.5 Å². The van der Waals surface area contributed by atoms with Crippen LogP contribution in [0.5, 0.6) is 0 Å². The molecule has 0 fully saturated rings. The standard InChI is InChI=1S/C30H44Cl2Si2/c1-5-9-15-23-33(31,21-7-3)29-25-17-11-13-19-27(25)30(28-20-14-12-18-26(28)29)34(32,22-8-4)24-16-10-6-2/h11-14,17-20H,5-10,15-16,21-24H2,1-4H3. The van der Waals surface area contributed by atoms with Crippen LogP contribution in [-0.4, -0.2) is 14.8 Å². The van der Waals surface area contributed by atoms with E-state index >= 15 is 0 Å². The van der Waals surface area contributed by atoms with Crippen molar-refractivity contribution >= 4 is 68.8 Å². The second kappa shape index (κ2) is 12.9. The van der Waals surface area contributed by atoms with Crippen LogP contribution in [0.2, 0.25) is 24.2 Å². The summed E-state index contributed by atoms with van der Waals surface area (Å²) >= 11 is 15.6. The third kappa shape index (κ3) is 5.94. The summed E-state index contributed by atoms with van der Waals surface area (Å²) in [5, 5.41) is 8.55. The van der Waals surface area contributed by atoms with Crippen LogP contribution in [0.15, 0.2) is 48.5 Å². The zero-order valence-electron chi connectivity index (χ0n) is 21.9. The van der Waals surface area contributed by atoms with E-state index < -0.39 is 14.8 Å². The van der Waals surface area contributed by atoms with Gasteiger partial charge in [0.15, 0.2) is 14.8 Å². The Hall–Kier alpha value is -0.806. The van der Waals surface area contributed by atoms with E-state index in [0.29, 0.717) is 0 Å². The first-order chi connectivity index (χ1) is 16.5. The minimum Gasteiger partial charge on any atom is -0.161 e. The Morgan fingerprint density at radius 2 is 0.794 bits per heavy atom. The van der Waals surface area contributed by atoms with Crippen LogP contribution < -0.4 is 10.4 Å². The van der Waals surface area contributed by atoms with Gasteiger partial charge in [-0.15, -0.1) is 0 Å². The van der Waals surface area contributed by atoms with Crippen molar-refractivity contribution < 1.29 is 0 Å². The van der Waals surface area contributed by atoms with Gasteiger partial charge in [-0.05, 0) is 56.1 Å². The minimum absolute atomic E-state index is 1.14. The van der Waals surface area contributed by atoms with Crippen LogP contribution in [-0.2, 0) is 0 Å². The fourth-order valence-corrected chi connectivity index (χ4v) is 16.6. The molecule has 0 radical (unpaired) electrons. The highest BCUT2D eigenvalue weighted by atomic mass is 35.6. The summed E-state index contributed by atoms with van der Waals surface area (Å²) in [5.74, 6) is 0. The Bertz CT molecular complexity index is 925. The van der Waals surface area contributed by atoms with Crippen LogP contribution in [0.25, 0.3) is 21.5 Å². The van der Waals surface area contributed by atoms with E-state index in [2.05, 4.69) is 76.2 Å². The smallest absolute Gasteiger partial charge is 0.161 e. The number of unbranched alkanes of at least 4 members (excludes halogenated alkanes) is 4. The molecule has 0 heterocycles. The van der Waals surface area contributed by atoms with Crippen molar-refractivity contribution in [2.75, 3.05) is 0 Å². The quantitative estimate of drug-likeness (QED) is 0.0840. The van der Waals surface area contributed by atoms with Gasteiger partial charge in [0.2, 0.25) is 0 Å². The average molecular weight is 532 g/mol. The minimum atomic E-state index is -2.18. The van der Waals surface area contributed by atoms with Crippen molar-refractivity contribution in [3.63, 3.8) is 0 Å². The van der Waals surface area contributed by atoms with E-state index in [1.54, 1.807) is 0 Å². The molecule has 0 aliphatic rings. The normalized spacial score (nSPS) is 15.5. The number of rotatable bonds is 14. The Kier molecular flexibility index (Phi) is 10.6. The fourth-order valence-electron chi connectivity index (χ4n) is 5.95. The monoisotopic (exact) mass is 530 g/mol. The van der Waals surface area contributed by atoms with Gasteiger partial charge in [-0.25, -0.2) is 0 Å². The highest BCUT2D eigenvalue weighted by Crippen LogP contribution is 2.36. The zero-order valence-corrected chi connectivity index (χ0v) is 25.4. The number of hydrogen-bond acceptors (Lipinski definition) is 0. The van der Waals surface area contributed by atoms with Crippen LogP contribution in [0, 0.1) is 0 Å². The zero-order chi connectivity index (χ0) is 24.6. The molecule has 0 aromatic heterocycles. The first kappa shape index (κ1) is 27.8. The molecular formula is C30H44Cl2Si2. The highest BCUT2D eigenvalue weighted by molar-refractivity contribution is 7.30. The molecule has 0 bridgehead atoms. The van der Waals surface area contributed by atoms with Crippen molar-refractivity contribution in [3.8, 4) is 0 Å². The van der Waals surface area contributed by atoms with Crippen LogP contribution in [0.4, 0.5) is 0 Å². The number of benzene rings is 3. The first-order valence-corrected chi connectivity index (χ1v) is 20.6. The van der Waals surface area contributed by atoms with Crippen molar-refractivity contribution in [1.82, 2.24) is 0 Å². The molecule has 0 aliphatic heterocycles. The second-order valence-corrected chi connectivity index (χ2v) is 21.4. The Balaban J connectivity index is 2.36. The van der Waals surface area contributed by atoms with Gasteiger partial charge in [0, 0.05) is 0 Å². The van der Waals surface area contributed by atoms with Crippen LogP contribution >= 0.6 is 22.2 Å². The maximum absolute atomic E-state index is 7.81. The van der Waals surface area contributed by atoms with E-state index in [4.69, 9.17) is 22.2 Å². The lowest BCUT2D eigenvalue weighted by molar-refractivity contribution is 0.763. The van der Waals surface area contributed by atoms with E-state index in [0.717, 1.165) is 24.9 Å². The molecule has 3 aromatic carbocycles. The molecule has 0 spiro atoms. The van der Waals surface area contributed by atoms with E-state index in [1.807, 2.05) is 0 Å². The van der Waals surface area contributed by atoms with E-state index in [1.165, 1.54) is 82.5 Å². The van der Waals surface area contributed by atoms with Crippen molar-refractivity contribution in [1.29, 1.82) is 0 Å². The summed E-state index contributed by atoms with van der Waals surface area (Å²) < 4.78 is 0. The summed E-state index contributed by atoms with van der Waals surface area (Å²) in [6.45, 7) is 9.17. The van der Waals surface area contributed by atoms with Gasteiger partial charge in [-0.1, -0.05) is 128 Å².